The number of hydrogen-bond acceptors (Lipinski definition) is 12. The molecule has 406 valence electrons. The molecule has 1 N–H and O–H groups in total. The van der Waals surface area contributed by atoms with Crippen molar-refractivity contribution in [3.8, 4) is 63.3 Å². The third kappa shape index (κ3) is 9.53. The second kappa shape index (κ2) is 21.9. The fraction of sp³-hybridized carbons (Fsp3) is 0.0870. The second-order valence-corrected chi connectivity index (χ2v) is 21.3. The van der Waals surface area contributed by atoms with E-state index < -0.39 is 0 Å². The summed E-state index contributed by atoms with van der Waals surface area (Å²) in [5.74, 6) is 2.03. The van der Waals surface area contributed by atoms with E-state index in [4.69, 9.17) is 49.3 Å². The molecule has 0 radical (unpaired) electrons. The van der Waals surface area contributed by atoms with E-state index in [1.165, 1.54) is 80.8 Å². The maximum absolute atomic E-state index is 10.4. The van der Waals surface area contributed by atoms with E-state index in [2.05, 4.69) is 192 Å². The lowest BCUT2D eigenvalue weighted by molar-refractivity contribution is 0.291. The van der Waals surface area contributed by atoms with E-state index in [1.54, 1.807) is 18.2 Å². The van der Waals surface area contributed by atoms with Gasteiger partial charge in [-0.05, 0) is 175 Å². The van der Waals surface area contributed by atoms with Gasteiger partial charge < -0.3 is 14.6 Å². The third-order valence-electron chi connectivity index (χ3n) is 15.1. The molecular weight excluding hydrogens is 1110 g/mol. The molecule has 0 atom stereocenters. The molecule has 0 amide bonds. The van der Waals surface area contributed by atoms with Crippen molar-refractivity contribution < 1.29 is 14.6 Å². The first-order valence-electron chi connectivity index (χ1n) is 27.5. The smallest absolute Gasteiger partial charge is 0.321 e. The van der Waals surface area contributed by atoms with Gasteiger partial charge in [-0.15, -0.1) is 0 Å². The lowest BCUT2D eigenvalue weighted by atomic mass is 9.92. The number of para-hydroxylation sites is 1. The molecule has 0 aliphatic heterocycles. The summed E-state index contributed by atoms with van der Waals surface area (Å²) in [6.07, 6.45) is 1.71. The number of phenolic OH excluding ortho intramolecular Hbond substituents is 1. The largest absolute Gasteiger partial charge is 0.507 e. The number of nitrogens with zero attached hydrogens (tertiary/aromatic N) is 9. The summed E-state index contributed by atoms with van der Waals surface area (Å²) < 4.78 is 11.4. The van der Waals surface area contributed by atoms with Gasteiger partial charge in [0, 0.05) is 16.7 Å². The molecule has 0 bridgehead atoms. The topological polar surface area (TPSA) is 155 Å². The molecule has 12 nitrogen and oxygen atoms in total. The minimum Gasteiger partial charge on any atom is -0.507 e. The molecule has 84 heavy (non-hydrogen) atoms. The molecule has 0 aliphatic rings. The van der Waals surface area contributed by atoms with Crippen LogP contribution in [0.1, 0.15) is 26.7 Å². The fourth-order valence-electron chi connectivity index (χ4n) is 11.5. The Morgan fingerprint density at radius 3 is 1.00 bits per heavy atom. The number of aromatic hydroxyl groups is 1. The zero-order valence-corrected chi connectivity index (χ0v) is 47.4. The van der Waals surface area contributed by atoms with Gasteiger partial charge in [0.05, 0.1) is 18.8 Å². The van der Waals surface area contributed by atoms with Gasteiger partial charge in [0.1, 0.15) is 5.75 Å². The number of benzene rings is 13. The normalized spacial score (nSPS) is 11.6. The highest BCUT2D eigenvalue weighted by Gasteiger charge is 2.20. The minimum absolute atomic E-state index is 0.0932. The Morgan fingerprint density at radius 1 is 0.298 bits per heavy atom. The van der Waals surface area contributed by atoms with Crippen LogP contribution in [0, 0.1) is 0 Å². The summed E-state index contributed by atoms with van der Waals surface area (Å²) in [7, 11) is 0. The van der Waals surface area contributed by atoms with Crippen molar-refractivity contribution in [1.82, 2.24) is 44.9 Å². The minimum atomic E-state index is 0.0932. The second-order valence-electron chi connectivity index (χ2n) is 20.3. The summed E-state index contributed by atoms with van der Waals surface area (Å²) in [5, 5.41) is 32.2. The fourth-order valence-corrected chi connectivity index (χ4v) is 12.0. The van der Waals surface area contributed by atoms with Crippen molar-refractivity contribution in [2.75, 3.05) is 13.2 Å². The molecule has 16 aromatic rings. The van der Waals surface area contributed by atoms with Gasteiger partial charge in [-0.25, -0.2) is 4.98 Å². The SMILES string of the molecule is CCCOc1nc(-c2ccccc2O)nc(-c2ccc3ccc4cccc5ccc2c3c45)n1.CCCOc1nc(Cl)nc(-c2ccc3ccc4cccc5ccc2c3c45)n1.Clc1nc(Cl)nc(-c2ccc3ccc4cccc5ccc2c3c45)n1. The predicted octanol–water partition coefficient (Wildman–Crippen LogP) is 18.2. The monoisotopic (exact) mass is 1150 g/mol. The predicted molar refractivity (Wildman–Crippen MR) is 341 cm³/mol. The summed E-state index contributed by atoms with van der Waals surface area (Å²) in [5.41, 5.74) is 3.26. The number of rotatable bonds is 10. The average molecular weight is 1160 g/mol. The van der Waals surface area contributed by atoms with E-state index in [9.17, 15) is 5.11 Å². The van der Waals surface area contributed by atoms with Crippen LogP contribution in [0.2, 0.25) is 15.9 Å². The molecule has 15 heteroatoms. The highest BCUT2D eigenvalue weighted by molar-refractivity contribution is 6.32. The Hall–Kier alpha value is -9.72. The number of phenols is 1. The molecule has 0 aliphatic carbocycles. The maximum atomic E-state index is 10.4. The van der Waals surface area contributed by atoms with E-state index in [0.717, 1.165) is 45.7 Å². The summed E-state index contributed by atoms with van der Waals surface area (Å²) in [4.78, 5) is 39.2. The highest BCUT2D eigenvalue weighted by Crippen LogP contribution is 2.42. The zero-order chi connectivity index (χ0) is 57.0. The molecule has 0 saturated carbocycles. The van der Waals surface area contributed by atoms with Crippen molar-refractivity contribution in [1.29, 1.82) is 0 Å². The van der Waals surface area contributed by atoms with Gasteiger partial charge in [-0.3, -0.25) is 0 Å². The van der Waals surface area contributed by atoms with Gasteiger partial charge in [0.15, 0.2) is 23.3 Å². The number of aromatic nitrogens is 9. The summed E-state index contributed by atoms with van der Waals surface area (Å²) >= 11 is 18.1. The first-order chi connectivity index (χ1) is 41.2. The Bertz CT molecular complexity index is 5100. The molecular formula is C69H46Cl3N9O3. The Morgan fingerprint density at radius 2 is 0.607 bits per heavy atom. The van der Waals surface area contributed by atoms with E-state index in [-0.39, 0.29) is 33.6 Å². The van der Waals surface area contributed by atoms with Crippen LogP contribution in [-0.4, -0.2) is 63.2 Å². The number of hydrogen-bond donors (Lipinski definition) is 1. The average Bonchev–Trinajstić information content (AvgIpc) is 3.53. The first kappa shape index (κ1) is 52.4. The van der Waals surface area contributed by atoms with Crippen LogP contribution in [0.15, 0.2) is 188 Å². The lowest BCUT2D eigenvalue weighted by Gasteiger charge is -2.14. The summed E-state index contributed by atoms with van der Waals surface area (Å²) in [6.45, 7) is 5.11. The van der Waals surface area contributed by atoms with Gasteiger partial charge in [-0.2, -0.15) is 39.9 Å². The van der Waals surface area contributed by atoms with E-state index in [1.807, 2.05) is 32.0 Å². The van der Waals surface area contributed by atoms with Gasteiger partial charge in [-0.1, -0.05) is 172 Å². The van der Waals surface area contributed by atoms with Crippen molar-refractivity contribution in [2.45, 2.75) is 26.7 Å². The maximum Gasteiger partial charge on any atom is 0.321 e. The lowest BCUT2D eigenvalue weighted by Crippen LogP contribution is -2.04. The van der Waals surface area contributed by atoms with Crippen molar-refractivity contribution in [3.05, 3.63) is 204 Å². The van der Waals surface area contributed by atoms with Crippen LogP contribution in [0.5, 0.6) is 17.8 Å². The number of ether oxygens (including phenoxy) is 2. The van der Waals surface area contributed by atoms with Crippen LogP contribution in [0.4, 0.5) is 0 Å². The zero-order valence-electron chi connectivity index (χ0n) is 45.1. The van der Waals surface area contributed by atoms with Crippen molar-refractivity contribution in [3.63, 3.8) is 0 Å². The van der Waals surface area contributed by atoms with Crippen molar-refractivity contribution >= 4 is 132 Å². The van der Waals surface area contributed by atoms with Gasteiger partial charge in [0.2, 0.25) is 15.9 Å². The highest BCUT2D eigenvalue weighted by atomic mass is 35.5. The molecule has 16 rings (SSSR count). The Kier molecular flexibility index (Phi) is 13.6. The summed E-state index contributed by atoms with van der Waals surface area (Å²) in [6, 6.07) is 64.8. The Labute approximate surface area is 495 Å². The molecule has 0 spiro atoms. The van der Waals surface area contributed by atoms with Crippen LogP contribution in [-0.2, 0) is 0 Å². The van der Waals surface area contributed by atoms with Gasteiger partial charge in [0.25, 0.3) is 0 Å². The van der Waals surface area contributed by atoms with Crippen LogP contribution in [0.25, 0.3) is 143 Å². The molecule has 0 saturated heterocycles. The van der Waals surface area contributed by atoms with Gasteiger partial charge >= 0.3 is 12.0 Å². The molecule has 3 aromatic heterocycles. The quantitative estimate of drug-likeness (QED) is 0.130. The number of halogens is 3. The van der Waals surface area contributed by atoms with E-state index >= 15 is 0 Å². The Balaban J connectivity index is 0.000000114. The molecule has 3 heterocycles. The molecule has 0 fully saturated rings. The van der Waals surface area contributed by atoms with Crippen LogP contribution in [0.3, 0.4) is 0 Å². The van der Waals surface area contributed by atoms with Crippen molar-refractivity contribution in [2.24, 2.45) is 0 Å². The van der Waals surface area contributed by atoms with Crippen LogP contribution < -0.4 is 9.47 Å². The van der Waals surface area contributed by atoms with E-state index in [0.29, 0.717) is 42.1 Å². The van der Waals surface area contributed by atoms with Crippen LogP contribution >= 0.6 is 34.8 Å². The third-order valence-corrected chi connectivity index (χ3v) is 15.6. The first-order valence-corrected chi connectivity index (χ1v) is 28.6. The molecule has 0 unspecified atom stereocenters. The standard InChI is InChI=1S/C28H21N3O2.C22H16ClN3O.C19H9Cl2N3/c1-2-16-33-28-30-26(29-27(31-28)22-8-3-4-9-23(22)32)21-15-13-19-11-10-17-6-5-7-18-12-14-20(21)25(19)24(17)18;1-2-12-27-22-25-20(24-21(23)26-22)17-11-9-15-7-6-13-4-3-5-14-8-10-16(17)19(15)18(13)14;20-18-22-17(23-19(21)24-18)14-9-7-12-5-4-10-2-1-3-11-6-8-13(14)16(12)15(10)11/h3-15,32H,2,16H2,1H3;3-11H,2,12H2,1H3;1-9H. The molecule has 13 aromatic carbocycles.